The number of nitrogens with zero attached hydrogens (tertiary/aromatic N) is 1. The molecule has 2 aromatic carbocycles. The molecule has 28 heavy (non-hydrogen) atoms. The highest BCUT2D eigenvalue weighted by Crippen LogP contribution is 2.42. The van der Waals surface area contributed by atoms with Crippen molar-refractivity contribution in [3.05, 3.63) is 63.9 Å². The molecule has 0 fully saturated rings. The van der Waals surface area contributed by atoms with Crippen molar-refractivity contribution < 1.29 is 24.1 Å². The quantitative estimate of drug-likeness (QED) is 0.699. The van der Waals surface area contributed by atoms with Crippen LogP contribution in [0.3, 0.4) is 0 Å². The van der Waals surface area contributed by atoms with E-state index in [1.165, 1.54) is 13.2 Å². The smallest absolute Gasteiger partial charge is 0.306 e. The molecule has 0 unspecified atom stereocenters. The normalized spacial score (nSPS) is 13.5. The van der Waals surface area contributed by atoms with Crippen LogP contribution in [-0.2, 0) is 16.6 Å². The van der Waals surface area contributed by atoms with Gasteiger partial charge in [0.1, 0.15) is 5.75 Å². The highest BCUT2D eigenvalue weighted by molar-refractivity contribution is 5.80. The lowest BCUT2D eigenvalue weighted by atomic mass is 9.87. The maximum atomic E-state index is 13.1. The number of aromatic nitrogens is 1. The topological polar surface area (TPSA) is 87.0 Å². The SMILES string of the molecule is COC(=O)C[C@@H](c1cc2c(cc1O)OCO2)c1cc2ccccc2n(C)c1=O. The van der Waals surface area contributed by atoms with Gasteiger partial charge in [0.2, 0.25) is 6.79 Å². The van der Waals surface area contributed by atoms with Crippen LogP contribution >= 0.6 is 0 Å². The van der Waals surface area contributed by atoms with Gasteiger partial charge in [0, 0.05) is 30.2 Å². The monoisotopic (exact) mass is 381 g/mol. The molecule has 1 aliphatic heterocycles. The zero-order valence-corrected chi connectivity index (χ0v) is 15.5. The Bertz CT molecular complexity index is 1130. The van der Waals surface area contributed by atoms with Crippen LogP contribution in [0.2, 0.25) is 0 Å². The Kier molecular flexibility index (Phi) is 4.43. The zero-order chi connectivity index (χ0) is 19.8. The van der Waals surface area contributed by atoms with Crippen molar-refractivity contribution in [2.24, 2.45) is 7.05 Å². The molecule has 1 aliphatic rings. The van der Waals surface area contributed by atoms with Crippen molar-refractivity contribution in [2.45, 2.75) is 12.3 Å². The number of hydrogen-bond donors (Lipinski definition) is 1. The van der Waals surface area contributed by atoms with Crippen LogP contribution in [0.4, 0.5) is 0 Å². The molecule has 0 radical (unpaired) electrons. The summed E-state index contributed by atoms with van der Waals surface area (Å²) in [5, 5.41) is 11.4. The third kappa shape index (κ3) is 2.94. The summed E-state index contributed by atoms with van der Waals surface area (Å²) in [6, 6.07) is 12.3. The second-order valence-electron chi connectivity index (χ2n) is 6.62. The fourth-order valence-electron chi connectivity index (χ4n) is 3.56. The molecule has 0 spiro atoms. The number of aryl methyl sites for hydroxylation is 1. The third-order valence-electron chi connectivity index (χ3n) is 5.03. The lowest BCUT2D eigenvalue weighted by molar-refractivity contribution is -0.140. The molecule has 0 aliphatic carbocycles. The molecular formula is C21H19NO6. The summed E-state index contributed by atoms with van der Waals surface area (Å²) in [4.78, 5) is 25.2. The Morgan fingerprint density at radius 1 is 1.18 bits per heavy atom. The maximum Gasteiger partial charge on any atom is 0.306 e. The molecule has 7 nitrogen and oxygen atoms in total. The van der Waals surface area contributed by atoms with Crippen molar-refractivity contribution in [1.29, 1.82) is 0 Å². The maximum absolute atomic E-state index is 13.1. The van der Waals surface area contributed by atoms with Crippen molar-refractivity contribution in [3.63, 3.8) is 0 Å². The molecular weight excluding hydrogens is 362 g/mol. The van der Waals surface area contributed by atoms with Gasteiger partial charge in [-0.05, 0) is 23.6 Å². The van der Waals surface area contributed by atoms with E-state index in [0.717, 1.165) is 10.9 Å². The Labute approximate surface area is 160 Å². The number of methoxy groups -OCH3 is 1. The first-order valence-corrected chi connectivity index (χ1v) is 8.77. The molecule has 1 atom stereocenters. The number of esters is 1. The van der Waals surface area contributed by atoms with E-state index < -0.39 is 11.9 Å². The van der Waals surface area contributed by atoms with Gasteiger partial charge in [-0.15, -0.1) is 0 Å². The minimum atomic E-state index is -0.703. The lowest BCUT2D eigenvalue weighted by Crippen LogP contribution is -2.25. The van der Waals surface area contributed by atoms with E-state index in [1.54, 1.807) is 23.7 Å². The number of carbonyl (C=O) groups is 1. The number of fused-ring (bicyclic) bond motifs is 2. The van der Waals surface area contributed by atoms with Crippen LogP contribution in [0.25, 0.3) is 10.9 Å². The van der Waals surface area contributed by atoms with Crippen molar-refractivity contribution in [1.82, 2.24) is 4.57 Å². The van der Waals surface area contributed by atoms with Gasteiger partial charge in [0.25, 0.3) is 5.56 Å². The van der Waals surface area contributed by atoms with Crippen LogP contribution in [0.15, 0.2) is 47.3 Å². The number of aromatic hydroxyl groups is 1. The Balaban J connectivity index is 1.93. The lowest BCUT2D eigenvalue weighted by Gasteiger charge is -2.19. The minimum Gasteiger partial charge on any atom is -0.508 e. The van der Waals surface area contributed by atoms with Crippen LogP contribution in [0, 0.1) is 0 Å². The van der Waals surface area contributed by atoms with E-state index in [0.29, 0.717) is 22.6 Å². The predicted octanol–water partition coefficient (Wildman–Crippen LogP) is 2.67. The van der Waals surface area contributed by atoms with Crippen molar-refractivity contribution in [3.8, 4) is 17.2 Å². The minimum absolute atomic E-state index is 0.0532. The van der Waals surface area contributed by atoms with Crippen LogP contribution in [0.5, 0.6) is 17.2 Å². The molecule has 3 aromatic rings. The predicted molar refractivity (Wildman–Crippen MR) is 102 cm³/mol. The molecule has 7 heteroatoms. The average Bonchev–Trinajstić information content (AvgIpc) is 3.15. The molecule has 0 saturated carbocycles. The summed E-state index contributed by atoms with van der Waals surface area (Å²) in [6.45, 7) is 0.0532. The molecule has 144 valence electrons. The van der Waals surface area contributed by atoms with Gasteiger partial charge in [-0.1, -0.05) is 18.2 Å². The van der Waals surface area contributed by atoms with Gasteiger partial charge in [-0.2, -0.15) is 0 Å². The number of rotatable bonds is 4. The van der Waals surface area contributed by atoms with E-state index in [-0.39, 0.29) is 24.5 Å². The summed E-state index contributed by atoms with van der Waals surface area (Å²) in [5.41, 5.74) is 1.33. The Hall–Kier alpha value is -3.48. The number of phenols is 1. The average molecular weight is 381 g/mol. The Morgan fingerprint density at radius 3 is 2.64 bits per heavy atom. The summed E-state index contributed by atoms with van der Waals surface area (Å²) < 4.78 is 17.1. The molecule has 4 rings (SSSR count). The second-order valence-corrected chi connectivity index (χ2v) is 6.62. The first kappa shape index (κ1) is 17.9. The molecule has 1 N–H and O–H groups in total. The summed E-state index contributed by atoms with van der Waals surface area (Å²) >= 11 is 0. The van der Waals surface area contributed by atoms with Gasteiger partial charge in [-0.3, -0.25) is 9.59 Å². The fraction of sp³-hybridized carbons (Fsp3) is 0.238. The second kappa shape index (κ2) is 6.92. The van der Waals surface area contributed by atoms with Crippen molar-refractivity contribution in [2.75, 3.05) is 13.9 Å². The number of para-hydroxylation sites is 1. The van der Waals surface area contributed by atoms with Crippen LogP contribution in [-0.4, -0.2) is 29.5 Å². The molecule has 0 bridgehead atoms. The van der Waals surface area contributed by atoms with Crippen molar-refractivity contribution >= 4 is 16.9 Å². The number of benzene rings is 2. The number of hydrogen-bond acceptors (Lipinski definition) is 6. The van der Waals surface area contributed by atoms with Gasteiger partial charge in [0.15, 0.2) is 11.5 Å². The van der Waals surface area contributed by atoms with E-state index in [4.69, 9.17) is 14.2 Å². The zero-order valence-electron chi connectivity index (χ0n) is 15.5. The van der Waals surface area contributed by atoms with E-state index >= 15 is 0 Å². The van der Waals surface area contributed by atoms with Gasteiger partial charge >= 0.3 is 5.97 Å². The summed E-state index contributed by atoms with van der Waals surface area (Å²) in [5.74, 6) is -0.388. The number of pyridine rings is 1. The van der Waals surface area contributed by atoms with Crippen LogP contribution in [0.1, 0.15) is 23.5 Å². The first-order chi connectivity index (χ1) is 13.5. The van der Waals surface area contributed by atoms with Gasteiger partial charge < -0.3 is 23.9 Å². The van der Waals surface area contributed by atoms with Gasteiger partial charge in [0.05, 0.1) is 19.0 Å². The first-order valence-electron chi connectivity index (χ1n) is 8.77. The number of phenolic OH excluding ortho intramolecular Hbond substituents is 1. The summed E-state index contributed by atoms with van der Waals surface area (Å²) in [6.07, 6.45) is -0.0999. The van der Waals surface area contributed by atoms with E-state index in [2.05, 4.69) is 0 Å². The third-order valence-corrected chi connectivity index (χ3v) is 5.03. The number of ether oxygens (including phenoxy) is 3. The molecule has 2 heterocycles. The van der Waals surface area contributed by atoms with Crippen LogP contribution < -0.4 is 15.0 Å². The highest BCUT2D eigenvalue weighted by atomic mass is 16.7. The molecule has 0 amide bonds. The largest absolute Gasteiger partial charge is 0.508 e. The highest BCUT2D eigenvalue weighted by Gasteiger charge is 2.28. The van der Waals surface area contributed by atoms with Gasteiger partial charge in [-0.25, -0.2) is 0 Å². The molecule has 1 aromatic heterocycles. The van der Waals surface area contributed by atoms with E-state index in [1.807, 2.05) is 24.3 Å². The standard InChI is InChI=1S/C21H19NO6/c1-22-16-6-4-3-5-12(16)7-15(21(22)25)13(9-20(24)26-2)14-8-18-19(10-17(14)23)28-11-27-18/h3-8,10,13,23H,9,11H2,1-2H3/t13-/m0/s1. The van der Waals surface area contributed by atoms with E-state index in [9.17, 15) is 14.7 Å². The summed E-state index contributed by atoms with van der Waals surface area (Å²) in [7, 11) is 2.97. The fourth-order valence-corrected chi connectivity index (χ4v) is 3.56. The number of carbonyl (C=O) groups excluding carboxylic acids is 1. The Morgan fingerprint density at radius 2 is 1.89 bits per heavy atom. The molecule has 0 saturated heterocycles.